The minimum Gasteiger partial charge on any atom is -0.500 e. The molecule has 0 unspecified atom stereocenters. The van der Waals surface area contributed by atoms with Gasteiger partial charge >= 0.3 is 0 Å². The Bertz CT molecular complexity index is 2350. The fourth-order valence-corrected chi connectivity index (χ4v) is 7.39. The zero-order chi connectivity index (χ0) is 33.8. The van der Waals surface area contributed by atoms with E-state index in [1.807, 2.05) is 6.07 Å². The number of furan rings is 1. The fourth-order valence-electron chi connectivity index (χ4n) is 5.04. The van der Waals surface area contributed by atoms with Crippen LogP contribution in [0.2, 0.25) is 0 Å². The minimum atomic E-state index is -2.18. The first-order valence-electron chi connectivity index (χ1n) is 16.5. The Morgan fingerprint density at radius 2 is 1.63 bits per heavy atom. The van der Waals surface area contributed by atoms with Gasteiger partial charge in [-0.1, -0.05) is 80.2 Å². The van der Waals surface area contributed by atoms with E-state index in [0.717, 1.165) is 32.0 Å². The van der Waals surface area contributed by atoms with Gasteiger partial charge in [-0.2, -0.15) is 11.3 Å². The van der Waals surface area contributed by atoms with Crippen LogP contribution in [0.4, 0.5) is 0 Å². The Hall–Kier alpha value is -3.67. The molecule has 1 radical (unpaired) electrons. The number of rotatable bonds is 3. The first-order valence-corrected chi connectivity index (χ1v) is 15.1. The molecule has 8 rings (SSSR count). The summed E-state index contributed by atoms with van der Waals surface area (Å²) in [6.45, 7) is 0.0675. The summed E-state index contributed by atoms with van der Waals surface area (Å²) in [7, 11) is 0. The molecular weight excluding hydrogens is 745 g/mol. The summed E-state index contributed by atoms with van der Waals surface area (Å²) in [6.07, 6.45) is 1.30. The molecule has 4 aromatic heterocycles. The van der Waals surface area contributed by atoms with Gasteiger partial charge in [0.15, 0.2) is 0 Å². The van der Waals surface area contributed by atoms with Gasteiger partial charge in [-0.15, -0.1) is 64.9 Å². The van der Waals surface area contributed by atoms with Crippen LogP contribution in [0.5, 0.6) is 0 Å². The standard InChI is InChI=1S/C24H16NOS2.C13H12N.Ir/c1-13(2)14-8-5-9-15-16-10-6-11-18(21(16)26-20(14)15)23-25-24-22(28-23)17-7-3-4-12-19(17)27-24;1-10-3-6-12(7-4-10)13-8-5-11(2)9-14-13;/h3-10,12-13H,1-2H3;3-6,8-9H,1-2H3;/q2*-1;/i;1D3,2D3;. The van der Waals surface area contributed by atoms with E-state index in [1.165, 1.54) is 50.1 Å². The summed E-state index contributed by atoms with van der Waals surface area (Å²) in [5.74, 6) is 0.410. The summed E-state index contributed by atoms with van der Waals surface area (Å²) in [4.78, 5) is 10.1. The molecule has 0 aliphatic rings. The quantitative estimate of drug-likeness (QED) is 0.168. The van der Waals surface area contributed by atoms with Crippen LogP contribution in [-0.4, -0.2) is 9.97 Å². The predicted octanol–water partition coefficient (Wildman–Crippen LogP) is 11.2. The average Bonchev–Trinajstić information content (AvgIpc) is 3.75. The first-order chi connectivity index (χ1) is 22.9. The maximum atomic E-state index is 7.28. The van der Waals surface area contributed by atoms with Crippen LogP contribution in [0.15, 0.2) is 95.5 Å². The molecule has 0 bridgehead atoms. The molecule has 43 heavy (non-hydrogen) atoms. The third-order valence-corrected chi connectivity index (χ3v) is 9.41. The molecule has 4 heterocycles. The molecular formula is C37H28IrN2OS2-2. The summed E-state index contributed by atoms with van der Waals surface area (Å²) in [6, 6.07) is 32.9. The van der Waals surface area contributed by atoms with Crippen molar-refractivity contribution in [2.45, 2.75) is 33.5 Å². The Labute approximate surface area is 281 Å². The summed E-state index contributed by atoms with van der Waals surface area (Å²) >= 11 is 3.48. The molecule has 4 aromatic carbocycles. The van der Waals surface area contributed by atoms with E-state index in [4.69, 9.17) is 17.6 Å². The van der Waals surface area contributed by atoms with E-state index in [0.29, 0.717) is 17.2 Å². The fraction of sp³-hybridized carbons (Fsp3) is 0.135. The van der Waals surface area contributed by atoms with Gasteiger partial charge in [0, 0.05) is 55.0 Å². The number of hydrogen-bond acceptors (Lipinski definition) is 5. The molecule has 0 aliphatic carbocycles. The normalized spacial score (nSPS) is 13.9. The van der Waals surface area contributed by atoms with Crippen molar-refractivity contribution in [3.8, 4) is 21.8 Å². The number of fused-ring (bicyclic) bond motifs is 6. The molecule has 0 N–H and O–H groups in total. The summed E-state index contributed by atoms with van der Waals surface area (Å²) in [5.41, 5.74) is 5.62. The van der Waals surface area contributed by atoms with Gasteiger partial charge in [0.25, 0.3) is 0 Å². The van der Waals surface area contributed by atoms with Crippen molar-refractivity contribution >= 4 is 64.2 Å². The minimum absolute atomic E-state index is 0. The van der Waals surface area contributed by atoms with Crippen molar-refractivity contribution in [2.24, 2.45) is 0 Å². The molecule has 0 saturated carbocycles. The van der Waals surface area contributed by atoms with E-state index in [2.05, 4.69) is 79.5 Å². The number of aromatic nitrogens is 2. The third-order valence-electron chi connectivity index (χ3n) is 7.11. The van der Waals surface area contributed by atoms with Gasteiger partial charge in [0.1, 0.15) is 10.4 Å². The van der Waals surface area contributed by atoms with Gasteiger partial charge in [-0.3, -0.25) is 4.98 Å². The zero-order valence-corrected chi connectivity index (χ0v) is 27.2. The van der Waals surface area contributed by atoms with Crippen LogP contribution < -0.4 is 0 Å². The van der Waals surface area contributed by atoms with E-state index < -0.39 is 13.7 Å². The molecule has 0 fully saturated rings. The molecule has 0 saturated heterocycles. The van der Waals surface area contributed by atoms with Crippen LogP contribution >= 0.6 is 22.7 Å². The summed E-state index contributed by atoms with van der Waals surface area (Å²) < 4.78 is 52.6. The number of aryl methyl sites for hydroxylation is 2. The van der Waals surface area contributed by atoms with E-state index in [-0.39, 0.29) is 31.2 Å². The van der Waals surface area contributed by atoms with Gasteiger partial charge < -0.3 is 9.40 Å². The van der Waals surface area contributed by atoms with Gasteiger partial charge in [-0.05, 0) is 35.7 Å². The van der Waals surface area contributed by atoms with Crippen molar-refractivity contribution in [1.82, 2.24) is 9.97 Å². The van der Waals surface area contributed by atoms with Crippen molar-refractivity contribution < 1.29 is 32.7 Å². The number of hydrogen-bond donors (Lipinski definition) is 0. The largest absolute Gasteiger partial charge is 0.500 e. The Morgan fingerprint density at radius 3 is 2.40 bits per heavy atom. The Balaban J connectivity index is 0.000000177. The maximum Gasteiger partial charge on any atom is 0.124 e. The first kappa shape index (κ1) is 22.8. The van der Waals surface area contributed by atoms with Gasteiger partial charge in [-0.25, -0.2) is 0 Å². The number of para-hydroxylation sites is 1. The van der Waals surface area contributed by atoms with E-state index >= 15 is 0 Å². The molecule has 0 spiro atoms. The van der Waals surface area contributed by atoms with Crippen LogP contribution in [-0.2, 0) is 20.1 Å². The second-order valence-corrected chi connectivity index (χ2v) is 12.3. The van der Waals surface area contributed by atoms with Crippen LogP contribution in [0, 0.1) is 25.8 Å². The number of pyridine rings is 1. The van der Waals surface area contributed by atoms with E-state index in [1.54, 1.807) is 34.8 Å². The summed E-state index contributed by atoms with van der Waals surface area (Å²) in [5, 5.41) is 4.56. The zero-order valence-electron chi connectivity index (χ0n) is 29.2. The average molecular weight is 779 g/mol. The molecule has 6 heteroatoms. The number of nitrogens with zero attached hydrogens (tertiary/aromatic N) is 2. The van der Waals surface area contributed by atoms with Crippen LogP contribution in [0.25, 0.3) is 63.4 Å². The molecule has 0 amide bonds. The molecule has 215 valence electrons. The molecule has 3 nitrogen and oxygen atoms in total. The SMILES string of the molecule is CC(C)c1cccc2c1oc1c(-c3nc4sc5ccccc5c4s3)[c-]ccc12.[2H]C([2H])([2H])c1c[c-]c(-c2ccc(C([2H])([2H])[2H])cn2)cc1.[Ir]. The van der Waals surface area contributed by atoms with Crippen molar-refractivity contribution in [1.29, 1.82) is 0 Å². The smallest absolute Gasteiger partial charge is 0.124 e. The number of thiazole rings is 1. The molecule has 0 atom stereocenters. The molecule has 8 aromatic rings. The monoisotopic (exact) mass is 779 g/mol. The van der Waals surface area contributed by atoms with Crippen molar-refractivity contribution in [2.75, 3.05) is 0 Å². The number of thiophene rings is 1. The third kappa shape index (κ3) is 5.57. The van der Waals surface area contributed by atoms with Crippen molar-refractivity contribution in [3.05, 3.63) is 120 Å². The Kier molecular flexibility index (Phi) is 6.44. The molecule has 0 aliphatic heterocycles. The topological polar surface area (TPSA) is 38.9 Å². The van der Waals surface area contributed by atoms with Crippen molar-refractivity contribution in [3.63, 3.8) is 0 Å². The van der Waals surface area contributed by atoms with Gasteiger partial charge in [0.05, 0.1) is 10.3 Å². The van der Waals surface area contributed by atoms with Gasteiger partial charge in [0.2, 0.25) is 0 Å². The number of benzene rings is 4. The van der Waals surface area contributed by atoms with Crippen LogP contribution in [0.1, 0.15) is 44.7 Å². The Morgan fingerprint density at radius 1 is 0.814 bits per heavy atom. The second kappa shape index (κ2) is 12.1. The second-order valence-electron chi connectivity index (χ2n) is 10.3. The van der Waals surface area contributed by atoms with Crippen LogP contribution in [0.3, 0.4) is 0 Å². The maximum absolute atomic E-state index is 7.28. The van der Waals surface area contributed by atoms with E-state index in [9.17, 15) is 0 Å². The predicted molar refractivity (Wildman–Crippen MR) is 179 cm³/mol.